The number of rotatable bonds is 7. The van der Waals surface area contributed by atoms with Crippen LogP contribution in [-0.4, -0.2) is 32.0 Å². The summed E-state index contributed by atoms with van der Waals surface area (Å²) in [5, 5.41) is 19.9. The van der Waals surface area contributed by atoms with E-state index in [1.54, 1.807) is 31.2 Å². The summed E-state index contributed by atoms with van der Waals surface area (Å²) in [6, 6.07) is 12.2. The largest absolute Gasteiger partial charge is 0.478 e. The van der Waals surface area contributed by atoms with Gasteiger partial charge in [-0.2, -0.15) is 0 Å². The Hall–Kier alpha value is -3.55. The highest BCUT2D eigenvalue weighted by atomic mass is 19.1. The van der Waals surface area contributed by atoms with E-state index < -0.39 is 5.97 Å². The zero-order valence-corrected chi connectivity index (χ0v) is 16.1. The van der Waals surface area contributed by atoms with Gasteiger partial charge >= 0.3 is 5.97 Å². The number of nitrogens with zero attached hydrogens (tertiary/aromatic N) is 3. The smallest absolute Gasteiger partial charge is 0.335 e. The Morgan fingerprint density at radius 3 is 2.41 bits per heavy atom. The number of carboxylic acid groups (broad SMARTS) is 1. The third kappa shape index (κ3) is 4.84. The number of carbonyl (C=O) groups is 2. The highest BCUT2D eigenvalue weighted by molar-refractivity contribution is 5.93. The second-order valence-corrected chi connectivity index (χ2v) is 6.75. The summed E-state index contributed by atoms with van der Waals surface area (Å²) in [5.41, 5.74) is 2.77. The van der Waals surface area contributed by atoms with Crippen LogP contribution >= 0.6 is 0 Å². The summed E-state index contributed by atoms with van der Waals surface area (Å²) >= 11 is 0. The zero-order valence-electron chi connectivity index (χ0n) is 16.1. The number of benzene rings is 2. The molecule has 29 heavy (non-hydrogen) atoms. The highest BCUT2D eigenvalue weighted by Crippen LogP contribution is 2.15. The molecule has 0 saturated heterocycles. The third-order valence-corrected chi connectivity index (χ3v) is 4.65. The number of nitrogens with one attached hydrogen (secondary N) is 1. The van der Waals surface area contributed by atoms with Crippen molar-refractivity contribution in [1.82, 2.24) is 20.3 Å². The topological polar surface area (TPSA) is 97.1 Å². The Balaban J connectivity index is 1.69. The standard InChI is InChI=1S/C21H21FN4O3/c1-13(16-5-7-17(8-6-16)21(28)29)23-20(27)19-14(2)24-25-26(19)12-11-15-3-9-18(22)10-4-15/h3-10,13H,11-12H2,1-2H3,(H,23,27)(H,28,29)/t13-/m0/s1. The van der Waals surface area contributed by atoms with E-state index >= 15 is 0 Å². The van der Waals surface area contributed by atoms with E-state index in [4.69, 9.17) is 5.11 Å². The van der Waals surface area contributed by atoms with Gasteiger partial charge in [-0.3, -0.25) is 4.79 Å². The van der Waals surface area contributed by atoms with E-state index in [9.17, 15) is 14.0 Å². The van der Waals surface area contributed by atoms with Crippen LogP contribution in [0.15, 0.2) is 48.5 Å². The first kappa shape index (κ1) is 20.2. The fraction of sp³-hybridized carbons (Fsp3) is 0.238. The molecule has 2 aromatic carbocycles. The normalized spacial score (nSPS) is 11.8. The third-order valence-electron chi connectivity index (χ3n) is 4.65. The average Bonchev–Trinajstić information content (AvgIpc) is 3.08. The quantitative estimate of drug-likeness (QED) is 0.639. The van der Waals surface area contributed by atoms with E-state index in [-0.39, 0.29) is 23.3 Å². The van der Waals surface area contributed by atoms with Crippen LogP contribution < -0.4 is 5.32 Å². The van der Waals surface area contributed by atoms with Crippen molar-refractivity contribution in [2.75, 3.05) is 0 Å². The van der Waals surface area contributed by atoms with E-state index in [0.717, 1.165) is 11.1 Å². The molecule has 0 bridgehead atoms. The van der Waals surface area contributed by atoms with Gasteiger partial charge in [0.2, 0.25) is 0 Å². The second-order valence-electron chi connectivity index (χ2n) is 6.75. The van der Waals surface area contributed by atoms with Crippen molar-refractivity contribution >= 4 is 11.9 Å². The fourth-order valence-electron chi connectivity index (χ4n) is 2.99. The molecule has 3 aromatic rings. The van der Waals surface area contributed by atoms with Gasteiger partial charge in [-0.15, -0.1) is 5.10 Å². The molecule has 0 aliphatic carbocycles. The van der Waals surface area contributed by atoms with Crippen LogP contribution in [0.1, 0.15) is 50.6 Å². The maximum absolute atomic E-state index is 13.0. The van der Waals surface area contributed by atoms with Crippen molar-refractivity contribution in [3.8, 4) is 0 Å². The van der Waals surface area contributed by atoms with Crippen molar-refractivity contribution in [3.05, 3.63) is 82.4 Å². The molecule has 1 amide bonds. The van der Waals surface area contributed by atoms with Gasteiger partial charge in [-0.25, -0.2) is 13.9 Å². The van der Waals surface area contributed by atoms with Gasteiger partial charge in [-0.05, 0) is 55.7 Å². The van der Waals surface area contributed by atoms with Crippen LogP contribution in [-0.2, 0) is 13.0 Å². The van der Waals surface area contributed by atoms with E-state index in [1.165, 1.54) is 28.9 Å². The monoisotopic (exact) mass is 396 g/mol. The number of aromatic nitrogens is 3. The molecule has 1 aromatic heterocycles. The molecule has 150 valence electrons. The lowest BCUT2D eigenvalue weighted by atomic mass is 10.1. The summed E-state index contributed by atoms with van der Waals surface area (Å²) in [4.78, 5) is 23.8. The van der Waals surface area contributed by atoms with Crippen LogP contribution in [0.4, 0.5) is 4.39 Å². The van der Waals surface area contributed by atoms with Crippen LogP contribution in [0.2, 0.25) is 0 Å². The molecular formula is C21H21FN4O3. The molecule has 0 aliphatic rings. The molecule has 1 heterocycles. The molecule has 7 nitrogen and oxygen atoms in total. The maximum Gasteiger partial charge on any atom is 0.335 e. The number of carboxylic acids is 1. The number of hydrogen-bond donors (Lipinski definition) is 2. The molecule has 1 atom stereocenters. The minimum atomic E-state index is -1.00. The molecule has 0 aliphatic heterocycles. The average molecular weight is 396 g/mol. The van der Waals surface area contributed by atoms with Crippen LogP contribution in [0.3, 0.4) is 0 Å². The summed E-state index contributed by atoms with van der Waals surface area (Å²) in [5.74, 6) is -1.61. The summed E-state index contributed by atoms with van der Waals surface area (Å²) in [6.07, 6.45) is 0.579. The number of aryl methyl sites for hydroxylation is 3. The van der Waals surface area contributed by atoms with Gasteiger partial charge < -0.3 is 10.4 Å². The Morgan fingerprint density at radius 1 is 1.14 bits per heavy atom. The predicted octanol–water partition coefficient (Wildman–Crippen LogP) is 3.16. The van der Waals surface area contributed by atoms with E-state index in [1.807, 2.05) is 6.92 Å². The van der Waals surface area contributed by atoms with Crippen LogP contribution in [0, 0.1) is 12.7 Å². The number of amides is 1. The Labute approximate surface area is 167 Å². The lowest BCUT2D eigenvalue weighted by Crippen LogP contribution is -2.29. The molecular weight excluding hydrogens is 375 g/mol. The second kappa shape index (κ2) is 8.64. The summed E-state index contributed by atoms with van der Waals surface area (Å²) in [7, 11) is 0. The summed E-state index contributed by atoms with van der Waals surface area (Å²) in [6.45, 7) is 3.95. The number of halogens is 1. The molecule has 0 radical (unpaired) electrons. The lowest BCUT2D eigenvalue weighted by Gasteiger charge is -2.15. The van der Waals surface area contributed by atoms with Gasteiger partial charge in [0, 0.05) is 6.54 Å². The predicted molar refractivity (Wildman–Crippen MR) is 104 cm³/mol. The maximum atomic E-state index is 13.0. The molecule has 2 N–H and O–H groups in total. The van der Waals surface area contributed by atoms with Gasteiger partial charge in [0.25, 0.3) is 5.91 Å². The van der Waals surface area contributed by atoms with E-state index in [0.29, 0.717) is 24.4 Å². The van der Waals surface area contributed by atoms with Gasteiger partial charge in [0.1, 0.15) is 11.5 Å². The van der Waals surface area contributed by atoms with Crippen LogP contribution in [0.25, 0.3) is 0 Å². The van der Waals surface area contributed by atoms with Gasteiger partial charge in [0.15, 0.2) is 0 Å². The minimum Gasteiger partial charge on any atom is -0.478 e. The number of hydrogen-bond acceptors (Lipinski definition) is 4. The molecule has 0 saturated carbocycles. The van der Waals surface area contributed by atoms with Gasteiger partial charge in [-0.1, -0.05) is 29.5 Å². The molecule has 3 rings (SSSR count). The first-order chi connectivity index (χ1) is 13.8. The molecule has 0 spiro atoms. The Morgan fingerprint density at radius 2 is 1.79 bits per heavy atom. The minimum absolute atomic E-state index is 0.186. The van der Waals surface area contributed by atoms with Crippen molar-refractivity contribution in [1.29, 1.82) is 0 Å². The first-order valence-corrected chi connectivity index (χ1v) is 9.14. The fourth-order valence-corrected chi connectivity index (χ4v) is 2.99. The van der Waals surface area contributed by atoms with E-state index in [2.05, 4.69) is 15.6 Å². The zero-order chi connectivity index (χ0) is 21.0. The highest BCUT2D eigenvalue weighted by Gasteiger charge is 2.20. The first-order valence-electron chi connectivity index (χ1n) is 9.14. The van der Waals surface area contributed by atoms with Gasteiger partial charge in [0.05, 0.1) is 17.3 Å². The Kier molecular flexibility index (Phi) is 6.01. The van der Waals surface area contributed by atoms with Crippen molar-refractivity contribution in [3.63, 3.8) is 0 Å². The van der Waals surface area contributed by atoms with Crippen molar-refractivity contribution in [2.45, 2.75) is 32.9 Å². The number of aromatic carboxylic acids is 1. The molecule has 8 heteroatoms. The SMILES string of the molecule is Cc1nnn(CCc2ccc(F)cc2)c1C(=O)N[C@@H](C)c1ccc(C(=O)O)cc1. The summed E-state index contributed by atoms with van der Waals surface area (Å²) < 4.78 is 14.6. The molecule has 0 unspecified atom stereocenters. The van der Waals surface area contributed by atoms with Crippen molar-refractivity contribution < 1.29 is 19.1 Å². The molecule has 0 fully saturated rings. The lowest BCUT2D eigenvalue weighted by molar-refractivity contribution is 0.0696. The Bertz CT molecular complexity index is 1010. The van der Waals surface area contributed by atoms with Crippen molar-refractivity contribution in [2.24, 2.45) is 0 Å². The number of carbonyl (C=O) groups excluding carboxylic acids is 1. The van der Waals surface area contributed by atoms with Crippen LogP contribution in [0.5, 0.6) is 0 Å².